The van der Waals surface area contributed by atoms with Gasteiger partial charge in [-0.25, -0.2) is 0 Å². The largest absolute Gasteiger partial charge is 0.325 e. The molecule has 0 aliphatic heterocycles. The molecule has 0 heterocycles. The third kappa shape index (κ3) is 4.84. The fourth-order valence-electron chi connectivity index (χ4n) is 1.59. The molecule has 0 radical (unpaired) electrons. The highest BCUT2D eigenvalue weighted by Gasteiger charge is 2.20. The number of amides is 1. The zero-order chi connectivity index (χ0) is 12.3. The SMILES string of the molecule is Cc1ccc(NC(=O)CNCC2CC2)cc1Cl.Cl. The minimum Gasteiger partial charge on any atom is -0.325 e. The van der Waals surface area contributed by atoms with Crippen LogP contribution in [0.15, 0.2) is 18.2 Å². The van der Waals surface area contributed by atoms with Gasteiger partial charge < -0.3 is 10.6 Å². The molecular formula is C13H18Cl2N2O. The van der Waals surface area contributed by atoms with Gasteiger partial charge in [0.15, 0.2) is 0 Å². The summed E-state index contributed by atoms with van der Waals surface area (Å²) in [5, 5.41) is 6.64. The number of rotatable bonds is 5. The first-order chi connectivity index (χ1) is 8.15. The lowest BCUT2D eigenvalue weighted by Gasteiger charge is -2.07. The van der Waals surface area contributed by atoms with Crippen molar-refractivity contribution in [1.82, 2.24) is 5.32 Å². The van der Waals surface area contributed by atoms with Gasteiger partial charge in [0.2, 0.25) is 5.91 Å². The van der Waals surface area contributed by atoms with Crippen molar-refractivity contribution >= 4 is 35.6 Å². The van der Waals surface area contributed by atoms with Crippen molar-refractivity contribution in [2.45, 2.75) is 19.8 Å². The average Bonchev–Trinajstić information content (AvgIpc) is 3.07. The second-order valence-electron chi connectivity index (χ2n) is 4.59. The minimum absolute atomic E-state index is 0. The quantitative estimate of drug-likeness (QED) is 0.875. The predicted octanol–water partition coefficient (Wildman–Crippen LogP) is 3.01. The van der Waals surface area contributed by atoms with Gasteiger partial charge in [-0.3, -0.25) is 4.79 Å². The Morgan fingerprint density at radius 2 is 2.17 bits per heavy atom. The van der Waals surface area contributed by atoms with E-state index >= 15 is 0 Å². The summed E-state index contributed by atoms with van der Waals surface area (Å²) in [5.41, 5.74) is 1.76. The number of benzene rings is 1. The molecule has 1 aromatic rings. The first-order valence-corrected chi connectivity index (χ1v) is 6.29. The molecule has 0 unspecified atom stereocenters. The van der Waals surface area contributed by atoms with E-state index in [1.807, 2.05) is 19.1 Å². The number of carbonyl (C=O) groups excluding carboxylic acids is 1. The summed E-state index contributed by atoms with van der Waals surface area (Å²) in [6, 6.07) is 5.53. The van der Waals surface area contributed by atoms with E-state index in [1.54, 1.807) is 6.07 Å². The first-order valence-electron chi connectivity index (χ1n) is 5.92. The van der Waals surface area contributed by atoms with Crippen molar-refractivity contribution in [2.24, 2.45) is 5.92 Å². The molecule has 2 N–H and O–H groups in total. The maximum absolute atomic E-state index is 11.6. The highest BCUT2D eigenvalue weighted by Crippen LogP contribution is 2.27. The van der Waals surface area contributed by atoms with Crippen LogP contribution in [0.5, 0.6) is 0 Å². The van der Waals surface area contributed by atoms with Gasteiger partial charge in [0.1, 0.15) is 0 Å². The fourth-order valence-corrected chi connectivity index (χ4v) is 1.77. The molecule has 1 aromatic carbocycles. The minimum atomic E-state index is -0.0226. The molecule has 1 saturated carbocycles. The Morgan fingerprint density at radius 3 is 2.78 bits per heavy atom. The van der Waals surface area contributed by atoms with Crippen molar-refractivity contribution in [2.75, 3.05) is 18.4 Å². The fraction of sp³-hybridized carbons (Fsp3) is 0.462. The van der Waals surface area contributed by atoms with Crippen molar-refractivity contribution in [1.29, 1.82) is 0 Å². The number of carbonyl (C=O) groups is 1. The molecule has 2 rings (SSSR count). The molecule has 18 heavy (non-hydrogen) atoms. The van der Waals surface area contributed by atoms with Gasteiger partial charge >= 0.3 is 0 Å². The zero-order valence-electron chi connectivity index (χ0n) is 10.3. The Kier molecular flexibility index (Phi) is 5.93. The summed E-state index contributed by atoms with van der Waals surface area (Å²) in [6.45, 7) is 3.25. The van der Waals surface area contributed by atoms with E-state index in [-0.39, 0.29) is 18.3 Å². The van der Waals surface area contributed by atoms with Crippen molar-refractivity contribution < 1.29 is 4.79 Å². The molecule has 100 valence electrons. The summed E-state index contributed by atoms with van der Waals surface area (Å²) in [6.07, 6.45) is 2.59. The lowest BCUT2D eigenvalue weighted by Crippen LogP contribution is -2.29. The van der Waals surface area contributed by atoms with Crippen LogP contribution in [-0.2, 0) is 4.79 Å². The molecule has 0 aromatic heterocycles. The van der Waals surface area contributed by atoms with Gasteiger partial charge in [-0.2, -0.15) is 0 Å². The highest BCUT2D eigenvalue weighted by atomic mass is 35.5. The van der Waals surface area contributed by atoms with Crippen LogP contribution in [0.1, 0.15) is 18.4 Å². The average molecular weight is 289 g/mol. The van der Waals surface area contributed by atoms with Gasteiger partial charge in [0, 0.05) is 10.7 Å². The smallest absolute Gasteiger partial charge is 0.238 e. The van der Waals surface area contributed by atoms with E-state index in [4.69, 9.17) is 11.6 Å². The van der Waals surface area contributed by atoms with Gasteiger partial charge in [-0.15, -0.1) is 12.4 Å². The monoisotopic (exact) mass is 288 g/mol. The van der Waals surface area contributed by atoms with E-state index < -0.39 is 0 Å². The molecule has 0 bridgehead atoms. The topological polar surface area (TPSA) is 41.1 Å². The Bertz CT molecular complexity index is 419. The van der Waals surface area contributed by atoms with E-state index in [0.29, 0.717) is 11.6 Å². The van der Waals surface area contributed by atoms with Crippen LogP contribution in [0.4, 0.5) is 5.69 Å². The van der Waals surface area contributed by atoms with E-state index in [2.05, 4.69) is 10.6 Å². The van der Waals surface area contributed by atoms with Crippen LogP contribution in [-0.4, -0.2) is 19.0 Å². The summed E-state index contributed by atoms with van der Waals surface area (Å²) in [7, 11) is 0. The van der Waals surface area contributed by atoms with Crippen molar-refractivity contribution in [3.05, 3.63) is 28.8 Å². The summed E-state index contributed by atoms with van der Waals surface area (Å²) in [5.74, 6) is 0.766. The van der Waals surface area contributed by atoms with Crippen LogP contribution in [0.2, 0.25) is 5.02 Å². The lowest BCUT2D eigenvalue weighted by atomic mass is 10.2. The summed E-state index contributed by atoms with van der Waals surface area (Å²) < 4.78 is 0. The van der Waals surface area contributed by atoms with Crippen LogP contribution in [0, 0.1) is 12.8 Å². The Hall–Kier alpha value is -0.770. The van der Waals surface area contributed by atoms with Crippen LogP contribution in [0.25, 0.3) is 0 Å². The van der Waals surface area contributed by atoms with Gasteiger partial charge in [0.25, 0.3) is 0 Å². The van der Waals surface area contributed by atoms with Crippen LogP contribution in [0.3, 0.4) is 0 Å². The Labute approximate surface area is 119 Å². The van der Waals surface area contributed by atoms with Gasteiger partial charge in [0.05, 0.1) is 6.54 Å². The van der Waals surface area contributed by atoms with Crippen LogP contribution >= 0.6 is 24.0 Å². The normalized spacial score (nSPS) is 13.9. The number of hydrogen-bond donors (Lipinski definition) is 2. The predicted molar refractivity (Wildman–Crippen MR) is 77.7 cm³/mol. The lowest BCUT2D eigenvalue weighted by molar-refractivity contribution is -0.115. The molecule has 1 fully saturated rings. The molecular weight excluding hydrogens is 271 g/mol. The summed E-state index contributed by atoms with van der Waals surface area (Å²) in [4.78, 5) is 11.6. The number of nitrogens with one attached hydrogen (secondary N) is 2. The maximum Gasteiger partial charge on any atom is 0.238 e. The second kappa shape index (κ2) is 6.98. The Morgan fingerprint density at radius 1 is 1.44 bits per heavy atom. The third-order valence-corrected chi connectivity index (χ3v) is 3.28. The molecule has 1 amide bonds. The second-order valence-corrected chi connectivity index (χ2v) is 4.99. The molecule has 0 spiro atoms. The van der Waals surface area contributed by atoms with Gasteiger partial charge in [-0.1, -0.05) is 17.7 Å². The standard InChI is InChI=1S/C13H17ClN2O.ClH/c1-9-2-5-11(6-12(9)14)16-13(17)8-15-7-10-3-4-10;/h2,5-6,10,15H,3-4,7-8H2,1H3,(H,16,17);1H. The molecule has 5 heteroatoms. The van der Waals surface area contributed by atoms with Crippen molar-refractivity contribution in [3.63, 3.8) is 0 Å². The zero-order valence-corrected chi connectivity index (χ0v) is 11.9. The van der Waals surface area contributed by atoms with Crippen molar-refractivity contribution in [3.8, 4) is 0 Å². The number of halogens is 2. The molecule has 1 aliphatic carbocycles. The maximum atomic E-state index is 11.6. The Balaban J connectivity index is 0.00000162. The van der Waals surface area contributed by atoms with E-state index in [1.165, 1.54) is 12.8 Å². The van der Waals surface area contributed by atoms with E-state index in [0.717, 1.165) is 23.7 Å². The molecule has 0 atom stereocenters. The van der Waals surface area contributed by atoms with Gasteiger partial charge in [-0.05, 0) is 49.9 Å². The molecule has 3 nitrogen and oxygen atoms in total. The molecule has 1 aliphatic rings. The third-order valence-electron chi connectivity index (χ3n) is 2.87. The number of anilines is 1. The summed E-state index contributed by atoms with van der Waals surface area (Å²) >= 11 is 5.98. The highest BCUT2D eigenvalue weighted by molar-refractivity contribution is 6.31. The molecule has 0 saturated heterocycles. The first kappa shape index (κ1) is 15.3. The number of aryl methyl sites for hydroxylation is 1. The van der Waals surface area contributed by atoms with Crippen LogP contribution < -0.4 is 10.6 Å². The van der Waals surface area contributed by atoms with E-state index in [9.17, 15) is 4.79 Å². The number of hydrogen-bond acceptors (Lipinski definition) is 2.